The van der Waals surface area contributed by atoms with Crippen LogP contribution < -0.4 is 10.5 Å². The van der Waals surface area contributed by atoms with Crippen LogP contribution >= 0.6 is 0 Å². The van der Waals surface area contributed by atoms with Gasteiger partial charge in [0.05, 0.1) is 5.75 Å². The summed E-state index contributed by atoms with van der Waals surface area (Å²) >= 11 is 0. The molecular weight excluding hydrogens is 236 g/mol. The number of nitrogens with one attached hydrogen (secondary N) is 1. The van der Waals surface area contributed by atoms with Crippen molar-refractivity contribution in [3.05, 3.63) is 34.9 Å². The molecule has 1 unspecified atom stereocenters. The van der Waals surface area contributed by atoms with Crippen LogP contribution in [0.2, 0.25) is 0 Å². The molecule has 5 heteroatoms. The molecule has 1 aromatic rings. The molecule has 2 rings (SSSR count). The monoisotopic (exact) mass is 254 g/mol. The van der Waals surface area contributed by atoms with Gasteiger partial charge in [-0.15, -0.1) is 0 Å². The van der Waals surface area contributed by atoms with Crippen molar-refractivity contribution < 1.29 is 8.42 Å². The highest BCUT2D eigenvalue weighted by atomic mass is 32.2. The molecule has 0 saturated carbocycles. The van der Waals surface area contributed by atoms with Gasteiger partial charge >= 0.3 is 0 Å². The zero-order valence-corrected chi connectivity index (χ0v) is 10.8. The summed E-state index contributed by atoms with van der Waals surface area (Å²) in [4.78, 5) is 0. The highest BCUT2D eigenvalue weighted by molar-refractivity contribution is 7.88. The van der Waals surface area contributed by atoms with Crippen LogP contribution in [0.5, 0.6) is 0 Å². The van der Waals surface area contributed by atoms with Gasteiger partial charge in [-0.25, -0.2) is 13.1 Å². The topological polar surface area (TPSA) is 72.2 Å². The quantitative estimate of drug-likeness (QED) is 0.827. The molecule has 1 atom stereocenters. The molecule has 0 fully saturated rings. The largest absolute Gasteiger partial charge is 0.327 e. The molecule has 1 aliphatic carbocycles. The van der Waals surface area contributed by atoms with Crippen LogP contribution in [0.4, 0.5) is 0 Å². The first kappa shape index (κ1) is 12.5. The van der Waals surface area contributed by atoms with E-state index in [1.807, 2.05) is 12.1 Å². The third kappa shape index (κ3) is 2.86. The lowest BCUT2D eigenvalue weighted by Gasteiger charge is -2.23. The van der Waals surface area contributed by atoms with E-state index in [1.165, 1.54) is 12.6 Å². The molecule has 0 aliphatic heterocycles. The standard InChI is InChI=1S/C12H18N2O2S/c1-14-17(15,16)8-10-4-2-3-9-5-6-11(13)7-12(9)10/h2-4,11,14H,5-8,13H2,1H3. The Balaban J connectivity index is 2.36. The average Bonchev–Trinajstić information content (AvgIpc) is 2.30. The van der Waals surface area contributed by atoms with Crippen LogP contribution in [0.15, 0.2) is 18.2 Å². The van der Waals surface area contributed by atoms with Crippen LogP contribution in [-0.2, 0) is 28.6 Å². The van der Waals surface area contributed by atoms with Gasteiger partial charge < -0.3 is 5.73 Å². The Hall–Kier alpha value is -0.910. The van der Waals surface area contributed by atoms with Gasteiger partial charge in [0, 0.05) is 6.04 Å². The normalized spacial score (nSPS) is 20.0. The Morgan fingerprint density at radius 2 is 2.24 bits per heavy atom. The summed E-state index contributed by atoms with van der Waals surface area (Å²) in [5.41, 5.74) is 9.21. The van der Waals surface area contributed by atoms with Gasteiger partial charge in [-0.3, -0.25) is 0 Å². The molecule has 0 heterocycles. The molecule has 0 spiro atoms. The van der Waals surface area contributed by atoms with Crippen LogP contribution in [0.1, 0.15) is 23.1 Å². The predicted molar refractivity (Wildman–Crippen MR) is 68.1 cm³/mol. The molecule has 3 N–H and O–H groups in total. The molecule has 1 aromatic carbocycles. The van der Waals surface area contributed by atoms with Gasteiger partial charge in [-0.1, -0.05) is 18.2 Å². The van der Waals surface area contributed by atoms with Crippen molar-refractivity contribution in [2.45, 2.75) is 31.1 Å². The summed E-state index contributed by atoms with van der Waals surface area (Å²) in [6, 6.07) is 6.03. The van der Waals surface area contributed by atoms with Crippen molar-refractivity contribution in [3.63, 3.8) is 0 Å². The smallest absolute Gasteiger partial charge is 0.215 e. The van der Waals surface area contributed by atoms with E-state index in [2.05, 4.69) is 10.8 Å². The Morgan fingerprint density at radius 3 is 2.94 bits per heavy atom. The van der Waals surface area contributed by atoms with E-state index in [0.717, 1.165) is 30.4 Å². The molecule has 0 aromatic heterocycles. The van der Waals surface area contributed by atoms with Crippen LogP contribution in [0.3, 0.4) is 0 Å². The maximum absolute atomic E-state index is 11.6. The number of hydrogen-bond donors (Lipinski definition) is 2. The Kier molecular flexibility index (Phi) is 3.51. The van der Waals surface area contributed by atoms with E-state index in [-0.39, 0.29) is 11.8 Å². The Bertz CT molecular complexity index is 511. The van der Waals surface area contributed by atoms with Crippen molar-refractivity contribution in [1.82, 2.24) is 4.72 Å². The lowest BCUT2D eigenvalue weighted by molar-refractivity contribution is 0.570. The van der Waals surface area contributed by atoms with E-state index in [1.54, 1.807) is 0 Å². The van der Waals surface area contributed by atoms with Gasteiger partial charge in [0.1, 0.15) is 0 Å². The molecule has 0 radical (unpaired) electrons. The Morgan fingerprint density at radius 1 is 1.47 bits per heavy atom. The average molecular weight is 254 g/mol. The molecule has 94 valence electrons. The van der Waals surface area contributed by atoms with Gasteiger partial charge in [0.2, 0.25) is 10.0 Å². The van der Waals surface area contributed by atoms with Crippen LogP contribution in [0, 0.1) is 0 Å². The van der Waals surface area contributed by atoms with Crippen molar-refractivity contribution in [3.8, 4) is 0 Å². The second-order valence-electron chi connectivity index (χ2n) is 4.52. The highest BCUT2D eigenvalue weighted by Crippen LogP contribution is 2.25. The number of hydrogen-bond acceptors (Lipinski definition) is 3. The lowest BCUT2D eigenvalue weighted by atomic mass is 9.86. The minimum absolute atomic E-state index is 0.0411. The van der Waals surface area contributed by atoms with E-state index in [0.29, 0.717) is 0 Å². The summed E-state index contributed by atoms with van der Waals surface area (Å²) in [6.45, 7) is 0. The molecule has 1 aliphatic rings. The third-order valence-electron chi connectivity index (χ3n) is 3.28. The molecule has 4 nitrogen and oxygen atoms in total. The van der Waals surface area contributed by atoms with Crippen molar-refractivity contribution in [2.75, 3.05) is 7.05 Å². The fraction of sp³-hybridized carbons (Fsp3) is 0.500. The Labute approximate surface area is 102 Å². The number of sulfonamides is 1. The van der Waals surface area contributed by atoms with Gasteiger partial charge in [-0.2, -0.15) is 0 Å². The molecular formula is C12H18N2O2S. The molecule has 0 saturated heterocycles. The van der Waals surface area contributed by atoms with Crippen molar-refractivity contribution in [1.29, 1.82) is 0 Å². The molecule has 0 amide bonds. The second kappa shape index (κ2) is 4.76. The molecule has 17 heavy (non-hydrogen) atoms. The highest BCUT2D eigenvalue weighted by Gasteiger charge is 2.20. The van der Waals surface area contributed by atoms with Crippen LogP contribution in [0.25, 0.3) is 0 Å². The molecule has 0 bridgehead atoms. The zero-order chi connectivity index (χ0) is 12.5. The number of rotatable bonds is 3. The van der Waals surface area contributed by atoms with E-state index in [4.69, 9.17) is 5.73 Å². The van der Waals surface area contributed by atoms with Crippen molar-refractivity contribution >= 4 is 10.0 Å². The number of nitrogens with two attached hydrogens (primary N) is 1. The van der Waals surface area contributed by atoms with Gasteiger partial charge in [0.25, 0.3) is 0 Å². The summed E-state index contributed by atoms with van der Waals surface area (Å²) in [5, 5.41) is 0. The van der Waals surface area contributed by atoms with E-state index < -0.39 is 10.0 Å². The van der Waals surface area contributed by atoms with Crippen LogP contribution in [-0.4, -0.2) is 21.5 Å². The SMILES string of the molecule is CNS(=O)(=O)Cc1cccc2c1CC(N)CC2. The summed E-state index contributed by atoms with van der Waals surface area (Å²) in [6.07, 6.45) is 2.71. The number of benzene rings is 1. The maximum Gasteiger partial charge on any atom is 0.215 e. The zero-order valence-electron chi connectivity index (χ0n) is 9.94. The first-order valence-corrected chi connectivity index (χ1v) is 7.43. The number of aryl methyl sites for hydroxylation is 1. The summed E-state index contributed by atoms with van der Waals surface area (Å²) in [5.74, 6) is 0.0411. The minimum atomic E-state index is -3.21. The maximum atomic E-state index is 11.6. The first-order chi connectivity index (χ1) is 8.02. The third-order valence-corrected chi connectivity index (χ3v) is 4.59. The predicted octanol–water partition coefficient (Wildman–Crippen LogP) is 0.552. The number of fused-ring (bicyclic) bond motifs is 1. The second-order valence-corrected chi connectivity index (χ2v) is 6.45. The van der Waals surface area contributed by atoms with E-state index >= 15 is 0 Å². The van der Waals surface area contributed by atoms with Gasteiger partial charge in [0.15, 0.2) is 0 Å². The first-order valence-electron chi connectivity index (χ1n) is 5.78. The van der Waals surface area contributed by atoms with Crippen molar-refractivity contribution in [2.24, 2.45) is 5.73 Å². The lowest BCUT2D eigenvalue weighted by Crippen LogP contribution is -2.29. The fourth-order valence-corrected chi connectivity index (χ4v) is 3.13. The minimum Gasteiger partial charge on any atom is -0.327 e. The summed E-state index contributed by atoms with van der Waals surface area (Å²) in [7, 11) is -1.77. The van der Waals surface area contributed by atoms with E-state index in [9.17, 15) is 8.42 Å². The summed E-state index contributed by atoms with van der Waals surface area (Å²) < 4.78 is 25.5. The fourth-order valence-electron chi connectivity index (χ4n) is 2.30. The van der Waals surface area contributed by atoms with Gasteiger partial charge in [-0.05, 0) is 43.0 Å².